The van der Waals surface area contributed by atoms with E-state index >= 15 is 0 Å². The third kappa shape index (κ3) is 14.2. The van der Waals surface area contributed by atoms with Crippen molar-refractivity contribution >= 4 is 38.3 Å². The van der Waals surface area contributed by atoms with E-state index in [9.17, 15) is 29.1 Å². The summed E-state index contributed by atoms with van der Waals surface area (Å²) in [6.45, 7) is 14.4. The number of ketones is 1. The molecule has 2 aliphatic heterocycles. The number of β-amino-alcohol motifs (C(OH)–C–C–N with tert-alkyl or cyclic N) is 1. The van der Waals surface area contributed by atoms with Crippen LogP contribution in [0.25, 0.3) is 0 Å². The van der Waals surface area contributed by atoms with E-state index in [1.807, 2.05) is 0 Å². The first-order chi connectivity index (χ1) is 17.5. The van der Waals surface area contributed by atoms with Gasteiger partial charge in [0.15, 0.2) is 5.78 Å². The second-order valence-electron chi connectivity index (χ2n) is 11.1. The Morgan fingerprint density at radius 2 is 1.25 bits per heavy atom. The predicted molar refractivity (Wildman–Crippen MR) is 143 cm³/mol. The topological polar surface area (TPSA) is 149 Å². The van der Waals surface area contributed by atoms with E-state index in [0.29, 0.717) is 12.8 Å². The molecule has 2 aliphatic rings. The maximum Gasteiger partial charge on any atom is 1.00 e. The molecule has 1 N–H and O–H groups in total. The third-order valence-electron chi connectivity index (χ3n) is 5.35. The molecule has 2 rings (SSSR count). The summed E-state index contributed by atoms with van der Waals surface area (Å²) in [7, 11) is 0. The molecule has 0 aromatic heterocycles. The number of aliphatic hydroxyl groups is 1. The fourth-order valence-corrected chi connectivity index (χ4v) is 3.79. The van der Waals surface area contributed by atoms with E-state index in [-0.39, 0.29) is 84.3 Å². The Morgan fingerprint density at radius 1 is 0.825 bits per heavy atom. The van der Waals surface area contributed by atoms with Gasteiger partial charge in [-0.1, -0.05) is 0 Å². The summed E-state index contributed by atoms with van der Waals surface area (Å²) in [5, 5.41) is 9.65. The molecule has 0 aromatic rings. The molecule has 2 saturated heterocycles. The fraction of sp³-hybridized carbons (Fsp3) is 0.808. The van der Waals surface area contributed by atoms with Crippen molar-refractivity contribution in [2.75, 3.05) is 26.3 Å². The number of piperidine rings is 2. The van der Waals surface area contributed by atoms with Crippen molar-refractivity contribution in [2.24, 2.45) is 0 Å². The van der Waals surface area contributed by atoms with Gasteiger partial charge in [0.2, 0.25) is 0 Å². The number of hydrogen-bond donors (Lipinski definition) is 1. The van der Waals surface area contributed by atoms with Crippen LogP contribution in [0, 0.1) is 0 Å². The van der Waals surface area contributed by atoms with Gasteiger partial charge in [0, 0.05) is 14.8 Å². The Balaban J connectivity index is -0.000000656. The van der Waals surface area contributed by atoms with Gasteiger partial charge in [-0.25, -0.2) is 19.2 Å². The molecule has 2 amide bonds. The second-order valence-corrected chi connectivity index (χ2v) is 11.1. The number of hydrogen-bond acceptors (Lipinski definition) is 10. The van der Waals surface area contributed by atoms with E-state index in [0.717, 1.165) is 4.90 Å². The summed E-state index contributed by atoms with van der Waals surface area (Å²) < 4.78 is 20.3. The first kappa shape index (κ1) is 40.3. The van der Waals surface area contributed by atoms with Crippen molar-refractivity contribution in [1.29, 1.82) is 0 Å². The molecule has 0 spiro atoms. The number of nitrogens with zero attached hydrogens (tertiary/aromatic N) is 2. The van der Waals surface area contributed by atoms with Gasteiger partial charge in [-0.15, -0.1) is 0 Å². The molecule has 0 unspecified atom stereocenters. The van der Waals surface area contributed by atoms with Crippen molar-refractivity contribution < 1.29 is 79.0 Å². The predicted octanol–water partition coefficient (Wildman–Crippen LogP) is -0.436. The van der Waals surface area contributed by atoms with Crippen molar-refractivity contribution in [1.82, 2.24) is 9.80 Å². The first-order valence-electron chi connectivity index (χ1n) is 13.0. The molecule has 0 aliphatic carbocycles. The van der Waals surface area contributed by atoms with E-state index in [1.54, 1.807) is 55.4 Å². The molecule has 0 aromatic carbocycles. The standard InChI is InChI=1S/C13H23NO5.C13H21NO5.B.Na.H/c2*1-5-18-11(16)10-7-6-9(15)8-14(10)12(17)19-13(2,3)4;;;/h9-10,15H,5-8H2,1-4H3;10H,5-8H2,1-4H3;;;/q;;;+1;-1/t9-,10-;10-;;;/m00.../s1. The Hall–Kier alpha value is -1.83. The SMILES string of the molecule is CCOC(=O)[C@@H]1CCC(=O)CN1C(=O)OC(C)(C)C.CCOC(=O)[C@@H]1CC[C@H](O)CN1C(=O)OC(C)(C)C.[B].[H-].[Na+]. The molecule has 0 saturated carbocycles. The van der Waals surface area contributed by atoms with Crippen LogP contribution in [-0.4, -0.2) is 109 Å². The van der Waals surface area contributed by atoms with E-state index in [2.05, 4.69) is 0 Å². The van der Waals surface area contributed by atoms with Crippen molar-refractivity contribution in [3.05, 3.63) is 0 Å². The second kappa shape index (κ2) is 17.9. The summed E-state index contributed by atoms with van der Waals surface area (Å²) in [6, 6.07) is -1.40. The van der Waals surface area contributed by atoms with E-state index < -0.39 is 53.5 Å². The molecule has 3 radical (unpaired) electrons. The number of likely N-dealkylation sites (tertiary alicyclic amines) is 2. The summed E-state index contributed by atoms with van der Waals surface area (Å²) >= 11 is 0. The molecule has 0 bridgehead atoms. The van der Waals surface area contributed by atoms with Crippen LogP contribution in [0.3, 0.4) is 0 Å². The van der Waals surface area contributed by atoms with E-state index in [4.69, 9.17) is 18.9 Å². The summed E-state index contributed by atoms with van der Waals surface area (Å²) in [5.74, 6) is -1.01. The summed E-state index contributed by atoms with van der Waals surface area (Å²) in [5.41, 5.74) is -1.31. The molecular formula is C26H45BN2NaO10. The number of carbonyl (C=O) groups excluding carboxylic acids is 5. The quantitative estimate of drug-likeness (QED) is 0.264. The number of aliphatic hydroxyl groups excluding tert-OH is 1. The van der Waals surface area contributed by atoms with Crippen molar-refractivity contribution in [2.45, 2.75) is 110 Å². The van der Waals surface area contributed by atoms with Crippen LogP contribution in [0.15, 0.2) is 0 Å². The molecular weight excluding hydrogens is 534 g/mol. The van der Waals surface area contributed by atoms with Gasteiger partial charge in [0.25, 0.3) is 0 Å². The fourth-order valence-electron chi connectivity index (χ4n) is 3.79. The number of esters is 2. The first-order valence-corrected chi connectivity index (χ1v) is 13.0. The smallest absolute Gasteiger partial charge is 1.00 e. The van der Waals surface area contributed by atoms with Crippen LogP contribution < -0.4 is 29.6 Å². The Bertz CT molecular complexity index is 866. The van der Waals surface area contributed by atoms with Crippen LogP contribution >= 0.6 is 0 Å². The molecule has 14 heteroatoms. The zero-order valence-electron chi connectivity index (χ0n) is 26.5. The number of ether oxygens (including phenoxy) is 4. The van der Waals surface area contributed by atoms with Gasteiger partial charge in [-0.2, -0.15) is 0 Å². The van der Waals surface area contributed by atoms with Gasteiger partial charge in [0.05, 0.1) is 32.4 Å². The number of rotatable bonds is 4. The van der Waals surface area contributed by atoms with Gasteiger partial charge < -0.3 is 25.5 Å². The largest absolute Gasteiger partial charge is 1.00 e. The van der Waals surface area contributed by atoms with Crippen molar-refractivity contribution in [3.8, 4) is 0 Å². The van der Waals surface area contributed by atoms with Crippen LogP contribution in [0.1, 0.15) is 82.5 Å². The van der Waals surface area contributed by atoms with E-state index in [1.165, 1.54) is 4.90 Å². The molecule has 12 nitrogen and oxygen atoms in total. The van der Waals surface area contributed by atoms with Crippen molar-refractivity contribution in [3.63, 3.8) is 0 Å². The zero-order valence-corrected chi connectivity index (χ0v) is 27.5. The number of Topliss-reactive ketones (excluding diaryl/α,β-unsaturated/α-hetero) is 1. The van der Waals surface area contributed by atoms with Crippen LogP contribution in [0.2, 0.25) is 0 Å². The third-order valence-corrected chi connectivity index (χ3v) is 5.35. The number of carbonyl (C=O) groups is 5. The molecule has 3 atom stereocenters. The minimum atomic E-state index is -0.729. The zero-order chi connectivity index (χ0) is 29.3. The normalized spacial score (nSPS) is 20.9. The molecule has 2 heterocycles. The van der Waals surface area contributed by atoms with Crippen LogP contribution in [0.4, 0.5) is 9.59 Å². The van der Waals surface area contributed by atoms with Gasteiger partial charge >= 0.3 is 53.7 Å². The molecule has 223 valence electrons. The summed E-state index contributed by atoms with van der Waals surface area (Å²) in [6.07, 6.45) is -0.442. The Morgan fingerprint density at radius 3 is 1.68 bits per heavy atom. The molecule has 2 fully saturated rings. The monoisotopic (exact) mass is 579 g/mol. The van der Waals surface area contributed by atoms with Crippen LogP contribution in [0.5, 0.6) is 0 Å². The average molecular weight is 579 g/mol. The van der Waals surface area contributed by atoms with Gasteiger partial charge in [-0.3, -0.25) is 14.6 Å². The van der Waals surface area contributed by atoms with Gasteiger partial charge in [0.1, 0.15) is 23.3 Å². The Kier molecular flexibility index (Phi) is 18.0. The maximum absolute atomic E-state index is 12.1. The minimum absolute atomic E-state index is 0. The van der Waals surface area contributed by atoms with Crippen LogP contribution in [-0.2, 0) is 33.3 Å². The minimum Gasteiger partial charge on any atom is -1.00 e. The number of amides is 2. The maximum atomic E-state index is 12.1. The Labute approximate surface area is 263 Å². The molecule has 40 heavy (non-hydrogen) atoms. The van der Waals surface area contributed by atoms with Gasteiger partial charge in [-0.05, 0) is 74.7 Å². The average Bonchev–Trinajstić information content (AvgIpc) is 2.77. The summed E-state index contributed by atoms with van der Waals surface area (Å²) in [4.78, 5) is 61.6.